The van der Waals surface area contributed by atoms with Gasteiger partial charge in [0.05, 0.1) is 18.7 Å². The Morgan fingerprint density at radius 2 is 1.90 bits per heavy atom. The van der Waals surface area contributed by atoms with E-state index in [1.807, 2.05) is 0 Å². The highest BCUT2D eigenvalue weighted by atomic mass is 35.5. The molecule has 20 heavy (non-hydrogen) atoms. The van der Waals surface area contributed by atoms with Crippen molar-refractivity contribution in [2.45, 2.75) is 13.2 Å². The second-order valence-corrected chi connectivity index (χ2v) is 4.54. The van der Waals surface area contributed by atoms with Gasteiger partial charge in [-0.3, -0.25) is 0 Å². The molecule has 0 atom stereocenters. The second kappa shape index (κ2) is 6.59. The predicted molar refractivity (Wildman–Crippen MR) is 74.7 cm³/mol. The van der Waals surface area contributed by atoms with Crippen LogP contribution in [0.2, 0.25) is 5.02 Å². The molecule has 0 saturated heterocycles. The maximum atomic E-state index is 13.5. The van der Waals surface area contributed by atoms with Gasteiger partial charge in [-0.25, -0.2) is 4.39 Å². The quantitative estimate of drug-likeness (QED) is 0.917. The van der Waals surface area contributed by atoms with E-state index in [-0.39, 0.29) is 19.0 Å². The van der Waals surface area contributed by atoms with Crippen molar-refractivity contribution in [3.8, 4) is 11.5 Å². The molecule has 0 saturated carbocycles. The molecule has 0 aliphatic rings. The SMILES string of the molecule is COc1cc(CO)c(Cl)cc1OCc1ccccc1F. The Bertz CT molecular complexity index is 602. The van der Waals surface area contributed by atoms with Crippen molar-refractivity contribution in [1.82, 2.24) is 0 Å². The van der Waals surface area contributed by atoms with Crippen LogP contribution in [0.3, 0.4) is 0 Å². The topological polar surface area (TPSA) is 38.7 Å². The Morgan fingerprint density at radius 1 is 1.15 bits per heavy atom. The number of aliphatic hydroxyl groups excluding tert-OH is 1. The van der Waals surface area contributed by atoms with Crippen molar-refractivity contribution in [1.29, 1.82) is 0 Å². The van der Waals surface area contributed by atoms with Gasteiger partial charge >= 0.3 is 0 Å². The van der Waals surface area contributed by atoms with Gasteiger partial charge in [0.2, 0.25) is 0 Å². The van der Waals surface area contributed by atoms with Crippen molar-refractivity contribution >= 4 is 11.6 Å². The highest BCUT2D eigenvalue weighted by molar-refractivity contribution is 6.31. The highest BCUT2D eigenvalue weighted by Crippen LogP contribution is 2.34. The minimum absolute atomic E-state index is 0.0673. The Kier molecular flexibility index (Phi) is 4.82. The Morgan fingerprint density at radius 3 is 2.55 bits per heavy atom. The van der Waals surface area contributed by atoms with E-state index in [4.69, 9.17) is 26.2 Å². The summed E-state index contributed by atoms with van der Waals surface area (Å²) in [6, 6.07) is 9.52. The summed E-state index contributed by atoms with van der Waals surface area (Å²) in [5, 5.41) is 9.52. The van der Waals surface area contributed by atoms with Crippen molar-refractivity contribution < 1.29 is 19.0 Å². The van der Waals surface area contributed by atoms with E-state index in [1.54, 1.807) is 30.3 Å². The lowest BCUT2D eigenvalue weighted by molar-refractivity contribution is 0.272. The second-order valence-electron chi connectivity index (χ2n) is 4.13. The van der Waals surface area contributed by atoms with Gasteiger partial charge in [-0.05, 0) is 17.7 Å². The average Bonchev–Trinajstić information content (AvgIpc) is 2.46. The molecule has 2 rings (SSSR count). The molecule has 0 heterocycles. The Balaban J connectivity index is 2.21. The zero-order valence-corrected chi connectivity index (χ0v) is 11.7. The number of hydrogen-bond donors (Lipinski definition) is 1. The van der Waals surface area contributed by atoms with Crippen molar-refractivity contribution in [2.75, 3.05) is 7.11 Å². The number of benzene rings is 2. The van der Waals surface area contributed by atoms with Crippen LogP contribution in [0.25, 0.3) is 0 Å². The van der Waals surface area contributed by atoms with Crippen LogP contribution in [0.15, 0.2) is 36.4 Å². The molecule has 0 radical (unpaired) electrons. The number of rotatable bonds is 5. The van der Waals surface area contributed by atoms with Gasteiger partial charge in [0, 0.05) is 11.6 Å². The largest absolute Gasteiger partial charge is 0.493 e. The van der Waals surface area contributed by atoms with Gasteiger partial charge in [-0.15, -0.1) is 0 Å². The van der Waals surface area contributed by atoms with Gasteiger partial charge in [0.1, 0.15) is 12.4 Å². The first-order valence-electron chi connectivity index (χ1n) is 5.99. The van der Waals surface area contributed by atoms with E-state index in [0.717, 1.165) is 0 Å². The molecule has 0 bridgehead atoms. The summed E-state index contributed by atoms with van der Waals surface area (Å²) >= 11 is 6.00. The van der Waals surface area contributed by atoms with Gasteiger partial charge in [-0.1, -0.05) is 29.8 Å². The molecule has 0 amide bonds. The van der Waals surface area contributed by atoms with E-state index < -0.39 is 0 Å². The molecule has 1 N–H and O–H groups in total. The standard InChI is InChI=1S/C15H14ClFO3/c1-19-14-6-11(8-18)12(16)7-15(14)20-9-10-4-2-3-5-13(10)17/h2-7,18H,8-9H2,1H3. The molecule has 5 heteroatoms. The first-order valence-corrected chi connectivity index (χ1v) is 6.37. The van der Waals surface area contributed by atoms with Crippen LogP contribution in [0.5, 0.6) is 11.5 Å². The lowest BCUT2D eigenvalue weighted by Gasteiger charge is -2.13. The molecule has 0 fully saturated rings. The Hall–Kier alpha value is -1.78. The Labute approximate surface area is 121 Å². The van der Waals surface area contributed by atoms with Crippen LogP contribution in [0.1, 0.15) is 11.1 Å². The molecular formula is C15H14ClFO3. The fraction of sp³-hybridized carbons (Fsp3) is 0.200. The zero-order valence-electron chi connectivity index (χ0n) is 10.9. The summed E-state index contributed by atoms with van der Waals surface area (Å²) in [7, 11) is 1.49. The van der Waals surface area contributed by atoms with Crippen LogP contribution in [-0.4, -0.2) is 12.2 Å². The van der Waals surface area contributed by atoms with E-state index >= 15 is 0 Å². The number of methoxy groups -OCH3 is 1. The van der Waals surface area contributed by atoms with E-state index in [1.165, 1.54) is 13.2 Å². The summed E-state index contributed by atoms with van der Waals surface area (Å²) in [6.07, 6.45) is 0. The molecule has 0 unspecified atom stereocenters. The van der Waals surface area contributed by atoms with Gasteiger partial charge in [-0.2, -0.15) is 0 Å². The summed E-state index contributed by atoms with van der Waals surface area (Å²) in [4.78, 5) is 0. The van der Waals surface area contributed by atoms with Crippen molar-refractivity contribution in [2.24, 2.45) is 0 Å². The monoisotopic (exact) mass is 296 g/mol. The molecule has 2 aromatic rings. The smallest absolute Gasteiger partial charge is 0.163 e. The summed E-state index contributed by atoms with van der Waals surface area (Å²) in [5.74, 6) is 0.511. The number of hydrogen-bond acceptors (Lipinski definition) is 3. The van der Waals surface area contributed by atoms with Crippen LogP contribution >= 0.6 is 11.6 Å². The van der Waals surface area contributed by atoms with Crippen LogP contribution < -0.4 is 9.47 Å². The molecule has 0 aromatic heterocycles. The highest BCUT2D eigenvalue weighted by Gasteiger charge is 2.11. The number of aliphatic hydroxyl groups is 1. The third kappa shape index (κ3) is 3.21. The van der Waals surface area contributed by atoms with Crippen LogP contribution in [0, 0.1) is 5.82 Å². The fourth-order valence-corrected chi connectivity index (χ4v) is 1.96. The van der Waals surface area contributed by atoms with Crippen LogP contribution in [0.4, 0.5) is 4.39 Å². The first-order chi connectivity index (χ1) is 9.65. The van der Waals surface area contributed by atoms with Crippen molar-refractivity contribution in [3.63, 3.8) is 0 Å². The third-order valence-corrected chi connectivity index (χ3v) is 3.20. The number of ether oxygens (including phenoxy) is 2. The van der Waals surface area contributed by atoms with Gasteiger partial charge in [0.15, 0.2) is 11.5 Å². The summed E-state index contributed by atoms with van der Waals surface area (Å²) in [5.41, 5.74) is 0.985. The van der Waals surface area contributed by atoms with E-state index in [0.29, 0.717) is 27.6 Å². The fourth-order valence-electron chi connectivity index (χ4n) is 1.74. The third-order valence-electron chi connectivity index (χ3n) is 2.84. The minimum atomic E-state index is -0.329. The van der Waals surface area contributed by atoms with E-state index in [9.17, 15) is 4.39 Å². The van der Waals surface area contributed by atoms with E-state index in [2.05, 4.69) is 0 Å². The maximum Gasteiger partial charge on any atom is 0.163 e. The van der Waals surface area contributed by atoms with Crippen LogP contribution in [-0.2, 0) is 13.2 Å². The molecule has 3 nitrogen and oxygen atoms in total. The predicted octanol–water partition coefficient (Wildman–Crippen LogP) is 3.56. The molecule has 0 aliphatic carbocycles. The normalized spacial score (nSPS) is 10.4. The van der Waals surface area contributed by atoms with Crippen molar-refractivity contribution in [3.05, 3.63) is 58.4 Å². The molecular weight excluding hydrogens is 283 g/mol. The summed E-state index contributed by atoms with van der Waals surface area (Å²) in [6.45, 7) is -0.124. The van der Waals surface area contributed by atoms with Gasteiger partial charge in [0.25, 0.3) is 0 Å². The maximum absolute atomic E-state index is 13.5. The molecule has 2 aromatic carbocycles. The molecule has 0 spiro atoms. The lowest BCUT2D eigenvalue weighted by atomic mass is 10.2. The minimum Gasteiger partial charge on any atom is -0.493 e. The first kappa shape index (κ1) is 14.6. The molecule has 0 aliphatic heterocycles. The molecule has 106 valence electrons. The average molecular weight is 297 g/mol. The van der Waals surface area contributed by atoms with Gasteiger partial charge < -0.3 is 14.6 Å². The number of halogens is 2. The zero-order chi connectivity index (χ0) is 14.5. The summed E-state index contributed by atoms with van der Waals surface area (Å²) < 4.78 is 24.2. The lowest BCUT2D eigenvalue weighted by Crippen LogP contribution is -2.01.